The van der Waals surface area contributed by atoms with Gasteiger partial charge in [0.2, 0.25) is 5.91 Å². The van der Waals surface area contributed by atoms with Crippen molar-refractivity contribution in [1.29, 1.82) is 0 Å². The molecule has 1 fully saturated rings. The van der Waals surface area contributed by atoms with Crippen molar-refractivity contribution in [3.05, 3.63) is 26.1 Å². The number of nitrogens with zero attached hydrogens (tertiary/aromatic N) is 1. The van der Waals surface area contributed by atoms with E-state index in [-0.39, 0.29) is 5.91 Å². The fraction of sp³-hybridized carbons (Fsp3) is 0.462. The summed E-state index contributed by atoms with van der Waals surface area (Å²) >= 11 is 10.6. The van der Waals surface area contributed by atoms with Gasteiger partial charge in [-0.15, -0.1) is 0 Å². The molecule has 1 aliphatic heterocycles. The van der Waals surface area contributed by atoms with Crippen LogP contribution in [0.5, 0.6) is 0 Å². The summed E-state index contributed by atoms with van der Waals surface area (Å²) in [6.07, 6.45) is 0.631. The molecule has 0 saturated carbocycles. The summed E-state index contributed by atoms with van der Waals surface area (Å²) in [5.41, 5.74) is 3.28. The van der Waals surface area contributed by atoms with E-state index in [1.807, 2.05) is 11.8 Å². The van der Waals surface area contributed by atoms with Gasteiger partial charge in [0.15, 0.2) is 0 Å². The molecule has 0 spiro atoms. The van der Waals surface area contributed by atoms with Gasteiger partial charge in [0, 0.05) is 27.2 Å². The third kappa shape index (κ3) is 2.54. The van der Waals surface area contributed by atoms with E-state index in [0.29, 0.717) is 12.3 Å². The number of carbonyl (C=O) groups excluding carboxylic acids is 1. The highest BCUT2D eigenvalue weighted by molar-refractivity contribution is 9.11. The van der Waals surface area contributed by atoms with E-state index < -0.39 is 0 Å². The number of benzene rings is 1. The molecule has 0 radical (unpaired) electrons. The SMILES string of the molecule is Cc1cc(N2CC(CBr)CC2=O)c(Br)c(C)c1Br. The summed E-state index contributed by atoms with van der Waals surface area (Å²) in [5, 5.41) is 0.876. The number of alkyl halides is 1. The molecular formula is C13H14Br3NO. The molecule has 1 aliphatic rings. The van der Waals surface area contributed by atoms with Crippen molar-refractivity contribution >= 4 is 59.4 Å². The molecule has 1 aromatic carbocycles. The smallest absolute Gasteiger partial charge is 0.227 e. The summed E-state index contributed by atoms with van der Waals surface area (Å²) in [7, 11) is 0. The van der Waals surface area contributed by atoms with Gasteiger partial charge < -0.3 is 4.90 Å². The summed E-state index contributed by atoms with van der Waals surface area (Å²) in [4.78, 5) is 14.0. The van der Waals surface area contributed by atoms with Gasteiger partial charge in [-0.05, 0) is 52.9 Å². The molecule has 18 heavy (non-hydrogen) atoms. The molecule has 1 atom stereocenters. The number of hydrogen-bond acceptors (Lipinski definition) is 1. The molecule has 0 aromatic heterocycles. The average Bonchev–Trinajstić information content (AvgIpc) is 2.72. The van der Waals surface area contributed by atoms with Crippen molar-refractivity contribution in [2.24, 2.45) is 5.92 Å². The lowest BCUT2D eigenvalue weighted by Gasteiger charge is -2.21. The number of rotatable bonds is 2. The second kappa shape index (κ2) is 5.63. The quantitative estimate of drug-likeness (QED) is 0.618. The van der Waals surface area contributed by atoms with Gasteiger partial charge in [0.05, 0.1) is 5.69 Å². The summed E-state index contributed by atoms with van der Waals surface area (Å²) < 4.78 is 2.10. The monoisotopic (exact) mass is 437 g/mol. The first-order valence-corrected chi connectivity index (χ1v) is 8.48. The van der Waals surface area contributed by atoms with Crippen LogP contribution in [0.2, 0.25) is 0 Å². The number of amides is 1. The van der Waals surface area contributed by atoms with Gasteiger partial charge in [-0.25, -0.2) is 0 Å². The summed E-state index contributed by atoms with van der Waals surface area (Å²) in [6.45, 7) is 4.89. The Balaban J connectivity index is 2.43. The Morgan fingerprint density at radius 1 is 1.33 bits per heavy atom. The molecule has 0 aliphatic carbocycles. The van der Waals surface area contributed by atoms with Crippen molar-refractivity contribution in [3.63, 3.8) is 0 Å². The van der Waals surface area contributed by atoms with Crippen LogP contribution in [0.3, 0.4) is 0 Å². The van der Waals surface area contributed by atoms with Crippen molar-refractivity contribution in [1.82, 2.24) is 0 Å². The molecule has 1 amide bonds. The highest BCUT2D eigenvalue weighted by Crippen LogP contribution is 2.38. The molecular weight excluding hydrogens is 426 g/mol. The van der Waals surface area contributed by atoms with Crippen molar-refractivity contribution in [2.75, 3.05) is 16.8 Å². The average molecular weight is 440 g/mol. The third-order valence-electron chi connectivity index (χ3n) is 3.30. The van der Waals surface area contributed by atoms with Crippen LogP contribution in [0, 0.1) is 19.8 Å². The molecule has 1 aromatic rings. The van der Waals surface area contributed by atoms with E-state index in [2.05, 4.69) is 60.8 Å². The minimum Gasteiger partial charge on any atom is -0.311 e. The van der Waals surface area contributed by atoms with E-state index >= 15 is 0 Å². The standard InChI is InChI=1S/C13H14Br3NO/c1-7-3-10(13(16)8(2)12(7)15)17-6-9(5-14)4-11(17)18/h3,9H,4-6H2,1-2H3. The number of anilines is 1. The fourth-order valence-corrected chi connectivity index (χ4v) is 3.77. The molecule has 2 rings (SSSR count). The summed E-state index contributed by atoms with van der Waals surface area (Å²) in [6, 6.07) is 2.07. The van der Waals surface area contributed by atoms with Crippen LogP contribution < -0.4 is 4.90 Å². The van der Waals surface area contributed by atoms with Crippen molar-refractivity contribution in [2.45, 2.75) is 20.3 Å². The Labute approximate surface area is 133 Å². The van der Waals surface area contributed by atoms with Crippen LogP contribution in [0.1, 0.15) is 17.5 Å². The van der Waals surface area contributed by atoms with E-state index in [9.17, 15) is 4.79 Å². The number of hydrogen-bond donors (Lipinski definition) is 0. The lowest BCUT2D eigenvalue weighted by atomic mass is 10.1. The highest BCUT2D eigenvalue weighted by Gasteiger charge is 2.31. The maximum atomic E-state index is 12.1. The van der Waals surface area contributed by atoms with E-state index in [4.69, 9.17) is 0 Å². The van der Waals surface area contributed by atoms with Gasteiger partial charge in [-0.3, -0.25) is 4.79 Å². The number of halogens is 3. The van der Waals surface area contributed by atoms with Gasteiger partial charge in [0.1, 0.15) is 0 Å². The van der Waals surface area contributed by atoms with E-state index in [1.165, 1.54) is 0 Å². The molecule has 0 N–H and O–H groups in total. The van der Waals surface area contributed by atoms with Crippen molar-refractivity contribution < 1.29 is 4.79 Å². The molecule has 1 saturated heterocycles. The maximum absolute atomic E-state index is 12.1. The lowest BCUT2D eigenvalue weighted by Crippen LogP contribution is -2.25. The van der Waals surface area contributed by atoms with E-state index in [0.717, 1.165) is 37.6 Å². The van der Waals surface area contributed by atoms with Gasteiger partial charge in [-0.1, -0.05) is 31.9 Å². The highest BCUT2D eigenvalue weighted by atomic mass is 79.9. The molecule has 1 unspecified atom stereocenters. The second-order valence-electron chi connectivity index (χ2n) is 4.69. The molecule has 1 heterocycles. The Hall–Kier alpha value is 0.130. The maximum Gasteiger partial charge on any atom is 0.227 e. The Bertz CT molecular complexity index is 501. The van der Waals surface area contributed by atoms with Crippen molar-refractivity contribution in [3.8, 4) is 0 Å². The van der Waals surface area contributed by atoms with Crippen LogP contribution in [0.15, 0.2) is 15.0 Å². The molecule has 0 bridgehead atoms. The Kier molecular flexibility index (Phi) is 4.55. The normalized spacial score (nSPS) is 19.7. The molecule has 5 heteroatoms. The van der Waals surface area contributed by atoms with Gasteiger partial charge in [-0.2, -0.15) is 0 Å². The minimum absolute atomic E-state index is 0.210. The minimum atomic E-state index is 0.210. The lowest BCUT2D eigenvalue weighted by molar-refractivity contribution is -0.117. The largest absolute Gasteiger partial charge is 0.311 e. The predicted octanol–water partition coefficient (Wildman–Crippen LogP) is 4.58. The summed E-state index contributed by atoms with van der Waals surface area (Å²) in [5.74, 6) is 0.620. The Morgan fingerprint density at radius 3 is 2.56 bits per heavy atom. The van der Waals surface area contributed by atoms with Crippen LogP contribution in [0.25, 0.3) is 0 Å². The first-order chi connectivity index (χ1) is 8.45. The first-order valence-electron chi connectivity index (χ1n) is 5.77. The zero-order valence-electron chi connectivity index (χ0n) is 10.3. The topological polar surface area (TPSA) is 20.3 Å². The molecule has 2 nitrogen and oxygen atoms in total. The first kappa shape index (κ1) is 14.5. The number of carbonyl (C=O) groups is 1. The zero-order valence-corrected chi connectivity index (χ0v) is 15.0. The van der Waals surface area contributed by atoms with Crippen LogP contribution >= 0.6 is 47.8 Å². The second-order valence-corrected chi connectivity index (χ2v) is 6.93. The van der Waals surface area contributed by atoms with Gasteiger partial charge in [0.25, 0.3) is 0 Å². The molecule has 98 valence electrons. The number of aryl methyl sites for hydroxylation is 1. The Morgan fingerprint density at radius 2 is 2.00 bits per heavy atom. The predicted molar refractivity (Wildman–Crippen MR) is 85.6 cm³/mol. The van der Waals surface area contributed by atoms with E-state index in [1.54, 1.807) is 0 Å². The van der Waals surface area contributed by atoms with Crippen LogP contribution in [0.4, 0.5) is 5.69 Å². The van der Waals surface area contributed by atoms with Gasteiger partial charge >= 0.3 is 0 Å². The fourth-order valence-electron chi connectivity index (χ4n) is 2.23. The van der Waals surface area contributed by atoms with Crippen LogP contribution in [-0.2, 0) is 4.79 Å². The third-order valence-corrected chi connectivity index (χ3v) is 6.43. The zero-order chi connectivity index (χ0) is 13.4. The van der Waals surface area contributed by atoms with Crippen LogP contribution in [-0.4, -0.2) is 17.8 Å².